The van der Waals surface area contributed by atoms with E-state index in [1.165, 1.54) is 11.8 Å². The third-order valence-corrected chi connectivity index (χ3v) is 5.54. The average molecular weight is 415 g/mol. The summed E-state index contributed by atoms with van der Waals surface area (Å²) in [5.41, 5.74) is 1.08. The van der Waals surface area contributed by atoms with Gasteiger partial charge in [-0.25, -0.2) is 8.42 Å². The molecule has 0 bridgehead atoms. The fourth-order valence-electron chi connectivity index (χ4n) is 2.57. The number of amides is 1. The van der Waals surface area contributed by atoms with Crippen molar-refractivity contribution in [2.24, 2.45) is 0 Å². The Hall–Kier alpha value is 0.0600. The Morgan fingerprint density at radius 2 is 2.12 bits per heavy atom. The average Bonchev–Trinajstić information content (AvgIpc) is 3.05. The molecule has 0 atom stereocenters. The third-order valence-electron chi connectivity index (χ3n) is 3.68. The molecule has 0 aliphatic carbocycles. The maximum absolute atomic E-state index is 12.1. The Labute approximate surface area is 180 Å². The number of likely N-dealkylation sites (N-methyl/N-ethyl adjacent to an activating group) is 1. The molecule has 0 aromatic heterocycles. The zero-order valence-electron chi connectivity index (χ0n) is 14.3. The van der Waals surface area contributed by atoms with E-state index in [2.05, 4.69) is 9.08 Å². The van der Waals surface area contributed by atoms with Crippen LogP contribution in [0.25, 0.3) is 0 Å². The molecule has 0 aromatic rings. The normalized spacial score (nSPS) is 21.5. The number of carbonyl (C=O) groups is 1. The van der Waals surface area contributed by atoms with Gasteiger partial charge in [-0.3, -0.25) is 13.9 Å². The summed E-state index contributed by atoms with van der Waals surface area (Å²) in [4.78, 5) is 16.4. The summed E-state index contributed by atoms with van der Waals surface area (Å²) in [5, 5.41) is 0. The summed E-state index contributed by atoms with van der Waals surface area (Å²) in [6, 6.07) is 0. The summed E-state index contributed by atoms with van der Waals surface area (Å²) in [6.45, 7) is 3.79. The molecule has 2 aliphatic heterocycles. The molecule has 0 radical (unpaired) electrons. The molecular formula is C14H19N2NaO5S3. The molecule has 1 amide bonds. The van der Waals surface area contributed by atoms with Gasteiger partial charge in [0.2, 0.25) is 10.4 Å². The molecule has 2 saturated heterocycles. The fraction of sp³-hybridized carbons (Fsp3) is 0.571. The molecule has 7 nitrogen and oxygen atoms in total. The number of rotatable bonds is 7. The Kier molecular flexibility index (Phi) is 9.62. The molecule has 25 heavy (non-hydrogen) atoms. The van der Waals surface area contributed by atoms with Crippen LogP contribution < -0.4 is 29.6 Å². The van der Waals surface area contributed by atoms with E-state index in [0.29, 0.717) is 28.7 Å². The zero-order chi connectivity index (χ0) is 17.7. The van der Waals surface area contributed by atoms with Gasteiger partial charge in [-0.2, -0.15) is 0 Å². The number of nitrogens with zero attached hydrogens (tertiary/aromatic N) is 2. The molecule has 2 heterocycles. The van der Waals surface area contributed by atoms with Crippen molar-refractivity contribution in [1.82, 2.24) is 9.80 Å². The van der Waals surface area contributed by atoms with Crippen LogP contribution in [-0.2, 0) is 19.4 Å². The van der Waals surface area contributed by atoms with Crippen LogP contribution in [0.3, 0.4) is 0 Å². The van der Waals surface area contributed by atoms with Gasteiger partial charge in [0, 0.05) is 25.3 Å². The molecule has 2 fully saturated rings. The monoisotopic (exact) mass is 414 g/mol. The van der Waals surface area contributed by atoms with Gasteiger partial charge in [-0.1, -0.05) is 24.0 Å². The van der Waals surface area contributed by atoms with Gasteiger partial charge < -0.3 is 9.45 Å². The van der Waals surface area contributed by atoms with Crippen molar-refractivity contribution in [3.05, 3.63) is 22.8 Å². The molecule has 0 spiro atoms. The fourth-order valence-corrected chi connectivity index (χ4v) is 4.22. The summed E-state index contributed by atoms with van der Waals surface area (Å²) < 4.78 is 36.0. The predicted octanol–water partition coefficient (Wildman–Crippen LogP) is -1.40. The van der Waals surface area contributed by atoms with E-state index in [9.17, 15) is 17.8 Å². The van der Waals surface area contributed by atoms with Crippen molar-refractivity contribution in [1.29, 1.82) is 0 Å². The first kappa shape index (κ1) is 23.1. The third kappa shape index (κ3) is 6.94. The molecule has 134 valence electrons. The Morgan fingerprint density at radius 3 is 2.72 bits per heavy atom. The maximum atomic E-state index is 12.1. The summed E-state index contributed by atoms with van der Waals surface area (Å²) in [7, 11) is -4.62. The second-order valence-electron chi connectivity index (χ2n) is 5.28. The van der Waals surface area contributed by atoms with E-state index in [1.54, 1.807) is 11.0 Å². The van der Waals surface area contributed by atoms with E-state index in [0.717, 1.165) is 25.1 Å². The minimum Gasteiger partial charge on any atom is -0.726 e. The summed E-state index contributed by atoms with van der Waals surface area (Å²) >= 11 is 6.47. The SMILES string of the molecule is CCN1C(=O)/C(=C/C=C2/CCCN2CCCOS(=O)(=O)[O-])SC1=S.[Na+]. The Balaban J connectivity index is 0.00000312. The number of allylic oxidation sites excluding steroid dienone is 3. The number of hydrogen-bond acceptors (Lipinski definition) is 8. The van der Waals surface area contributed by atoms with Crippen LogP contribution in [0.1, 0.15) is 26.2 Å². The van der Waals surface area contributed by atoms with Crippen LogP contribution in [0, 0.1) is 0 Å². The quantitative estimate of drug-likeness (QED) is 0.126. The predicted molar refractivity (Wildman–Crippen MR) is 94.8 cm³/mol. The largest absolute Gasteiger partial charge is 1.00 e. The van der Waals surface area contributed by atoms with Crippen LogP contribution >= 0.6 is 24.0 Å². The topological polar surface area (TPSA) is 90.0 Å². The van der Waals surface area contributed by atoms with E-state index >= 15 is 0 Å². The molecule has 2 aliphatic rings. The minimum absolute atomic E-state index is 0. The van der Waals surface area contributed by atoms with Crippen LogP contribution in [0.2, 0.25) is 0 Å². The second-order valence-corrected chi connectivity index (χ2v) is 8.01. The molecule has 0 aromatic carbocycles. The molecule has 2 rings (SSSR count). The number of carbonyl (C=O) groups excluding carboxylic acids is 1. The van der Waals surface area contributed by atoms with E-state index in [4.69, 9.17) is 12.2 Å². The zero-order valence-corrected chi connectivity index (χ0v) is 18.7. The molecular weight excluding hydrogens is 395 g/mol. The first-order valence-electron chi connectivity index (χ1n) is 7.61. The number of likely N-dealkylation sites (tertiary alicyclic amines) is 1. The standard InChI is InChI=1S/C14H20N2O5S3.Na/c1-2-16-13(17)12(23-14(16)22)7-6-11-5-3-8-15(11)9-4-10-21-24(18,19)20;/h6-7H,2-5,8-10H2,1H3,(H,18,19,20);/q;+1/p-1/b11-6-,12-7-;. The van der Waals surface area contributed by atoms with Gasteiger partial charge in [0.25, 0.3) is 5.91 Å². The van der Waals surface area contributed by atoms with Crippen molar-refractivity contribution in [3.63, 3.8) is 0 Å². The molecule has 0 unspecified atom stereocenters. The van der Waals surface area contributed by atoms with Gasteiger partial charge in [0.15, 0.2) is 0 Å². The van der Waals surface area contributed by atoms with Crippen LogP contribution in [0.5, 0.6) is 0 Å². The van der Waals surface area contributed by atoms with Crippen molar-refractivity contribution in [3.8, 4) is 0 Å². The maximum Gasteiger partial charge on any atom is 1.00 e. The second kappa shape index (κ2) is 10.4. The Bertz CT molecular complexity index is 678. The summed E-state index contributed by atoms with van der Waals surface area (Å²) in [6.07, 6.45) is 6.04. The van der Waals surface area contributed by atoms with E-state index in [1.807, 2.05) is 13.0 Å². The van der Waals surface area contributed by atoms with Crippen molar-refractivity contribution in [2.45, 2.75) is 26.2 Å². The van der Waals surface area contributed by atoms with Gasteiger partial charge >= 0.3 is 29.6 Å². The van der Waals surface area contributed by atoms with Crippen molar-refractivity contribution in [2.75, 3.05) is 26.2 Å². The first-order valence-corrected chi connectivity index (χ1v) is 10.2. The number of thiocarbonyl (C=S) groups is 1. The smallest absolute Gasteiger partial charge is 0.726 e. The number of hydrogen-bond donors (Lipinski definition) is 0. The van der Waals surface area contributed by atoms with Gasteiger partial charge in [0.1, 0.15) is 4.32 Å². The van der Waals surface area contributed by atoms with Gasteiger partial charge in [-0.05, 0) is 38.3 Å². The van der Waals surface area contributed by atoms with Crippen LogP contribution in [0.15, 0.2) is 22.8 Å². The van der Waals surface area contributed by atoms with Crippen LogP contribution in [0.4, 0.5) is 0 Å². The first-order chi connectivity index (χ1) is 11.3. The van der Waals surface area contributed by atoms with Gasteiger partial charge in [0.05, 0.1) is 11.5 Å². The van der Waals surface area contributed by atoms with Crippen LogP contribution in [-0.4, -0.2) is 59.2 Å². The summed E-state index contributed by atoms with van der Waals surface area (Å²) in [5.74, 6) is -0.0667. The molecule has 0 saturated carbocycles. The number of thioether (sulfide) groups is 1. The van der Waals surface area contributed by atoms with Gasteiger partial charge in [-0.15, -0.1) is 0 Å². The minimum atomic E-state index is -4.62. The molecule has 11 heteroatoms. The van der Waals surface area contributed by atoms with E-state index < -0.39 is 10.4 Å². The van der Waals surface area contributed by atoms with Crippen molar-refractivity contribution >= 4 is 44.6 Å². The van der Waals surface area contributed by atoms with E-state index in [-0.39, 0.29) is 42.1 Å². The molecule has 0 N–H and O–H groups in total. The Morgan fingerprint density at radius 1 is 1.40 bits per heavy atom. The van der Waals surface area contributed by atoms with Crippen molar-refractivity contribution < 1.29 is 51.5 Å².